The van der Waals surface area contributed by atoms with Crippen LogP contribution in [0.1, 0.15) is 48.5 Å². The molecule has 2 aromatic carbocycles. The van der Waals surface area contributed by atoms with Crippen molar-refractivity contribution in [1.29, 1.82) is 0 Å². The van der Waals surface area contributed by atoms with Gasteiger partial charge in [0, 0.05) is 28.9 Å². The fourth-order valence-corrected chi connectivity index (χ4v) is 3.90. The maximum atomic E-state index is 13.1. The van der Waals surface area contributed by atoms with Gasteiger partial charge in [-0.15, -0.1) is 0 Å². The van der Waals surface area contributed by atoms with Crippen molar-refractivity contribution in [3.63, 3.8) is 0 Å². The minimum absolute atomic E-state index is 0.0307. The molecule has 0 aliphatic carbocycles. The number of rotatable bonds is 6. The summed E-state index contributed by atoms with van der Waals surface area (Å²) in [6, 6.07) is 16.8. The van der Waals surface area contributed by atoms with Gasteiger partial charge in [0.15, 0.2) is 9.79 Å². The summed E-state index contributed by atoms with van der Waals surface area (Å²) in [7, 11) is 0. The van der Waals surface area contributed by atoms with Crippen LogP contribution in [-0.2, 0) is 11.2 Å². The highest BCUT2D eigenvalue weighted by molar-refractivity contribution is 7.91. The highest BCUT2D eigenvalue weighted by Gasteiger charge is 2.25. The Labute approximate surface area is 190 Å². The summed E-state index contributed by atoms with van der Waals surface area (Å²) in [5.74, 6) is 0.255. The number of aliphatic hydroxyl groups is 1. The quantitative estimate of drug-likeness (QED) is 0.218. The van der Waals surface area contributed by atoms with Crippen molar-refractivity contribution in [2.75, 3.05) is 0 Å². The fourth-order valence-electron chi connectivity index (χ4n) is 2.73. The van der Waals surface area contributed by atoms with Gasteiger partial charge in [-0.1, -0.05) is 91.0 Å². The Bertz CT molecular complexity index is 947. The summed E-state index contributed by atoms with van der Waals surface area (Å²) in [4.78, 5) is 6.03. The van der Waals surface area contributed by atoms with Crippen LogP contribution in [0.4, 0.5) is 5.69 Å². The first kappa shape index (κ1) is 25.0. The van der Waals surface area contributed by atoms with Gasteiger partial charge in [0.05, 0.1) is 0 Å². The largest absolute Gasteiger partial charge is 0.606 e. The average molecular weight is 438 g/mol. The van der Waals surface area contributed by atoms with E-state index in [1.165, 1.54) is 0 Å². The van der Waals surface area contributed by atoms with Gasteiger partial charge in [-0.05, 0) is 35.1 Å². The van der Waals surface area contributed by atoms with Gasteiger partial charge < -0.3 is 9.66 Å². The van der Waals surface area contributed by atoms with Crippen molar-refractivity contribution in [2.45, 2.75) is 58.3 Å². The van der Waals surface area contributed by atoms with E-state index in [0.29, 0.717) is 21.9 Å². The summed E-state index contributed by atoms with van der Waals surface area (Å²) >= 11 is -1.33. The molecule has 0 radical (unpaired) electrons. The lowest BCUT2D eigenvalue weighted by Crippen LogP contribution is -2.20. The molecule has 0 aliphatic heterocycles. The van der Waals surface area contributed by atoms with Gasteiger partial charge >= 0.3 is 0 Å². The molecule has 4 heteroatoms. The molecule has 0 heterocycles. The zero-order valence-electron chi connectivity index (χ0n) is 19.7. The van der Waals surface area contributed by atoms with E-state index in [-0.39, 0.29) is 16.7 Å². The van der Waals surface area contributed by atoms with E-state index in [1.54, 1.807) is 6.21 Å². The van der Waals surface area contributed by atoms with Crippen molar-refractivity contribution < 1.29 is 9.66 Å². The van der Waals surface area contributed by atoms with Crippen LogP contribution in [-0.4, -0.2) is 15.9 Å². The molecular weight excluding hydrogens is 402 g/mol. The van der Waals surface area contributed by atoms with Gasteiger partial charge in [0.2, 0.25) is 0 Å². The summed E-state index contributed by atoms with van der Waals surface area (Å²) in [6.07, 6.45) is 5.67. The van der Waals surface area contributed by atoms with Crippen LogP contribution in [0.2, 0.25) is 0 Å². The van der Waals surface area contributed by atoms with Crippen LogP contribution in [0.3, 0.4) is 0 Å². The third kappa shape index (κ3) is 7.41. The Hall–Kier alpha value is -2.30. The van der Waals surface area contributed by atoms with Crippen molar-refractivity contribution in [1.82, 2.24) is 0 Å². The van der Waals surface area contributed by atoms with E-state index < -0.39 is 11.2 Å². The Morgan fingerprint density at radius 2 is 1.55 bits per heavy atom. The molecule has 0 amide bonds. The summed E-state index contributed by atoms with van der Waals surface area (Å²) in [5.41, 5.74) is 1.17. The second kappa shape index (κ2) is 10.3. The van der Waals surface area contributed by atoms with E-state index in [9.17, 15) is 9.66 Å². The normalized spacial score (nSPS) is 15.9. The standard InChI is InChI=1S/C27H35NO2S/c1-20(27(5,6)7)25(29)21(17-18-26(2,3)4)19-28-23-15-11-12-16-24(23)31(30)22-13-9-8-10-14-22/h8-20,29H,1-7H3/b18-17+,25-21-,28-19+. The monoisotopic (exact) mass is 437 g/mol. The Balaban J connectivity index is 2.49. The van der Waals surface area contributed by atoms with E-state index in [1.807, 2.05) is 67.6 Å². The average Bonchev–Trinajstić information content (AvgIpc) is 2.71. The molecule has 2 aromatic rings. The number of benzene rings is 2. The third-order valence-corrected chi connectivity index (χ3v) is 6.58. The molecule has 1 N–H and O–H groups in total. The fraction of sp³-hybridized carbons (Fsp3) is 0.370. The van der Waals surface area contributed by atoms with Gasteiger partial charge in [0.1, 0.15) is 11.4 Å². The van der Waals surface area contributed by atoms with Gasteiger partial charge in [-0.25, -0.2) is 0 Å². The molecular formula is C27H35NO2S. The smallest absolute Gasteiger partial charge is 0.184 e. The Kier molecular flexibility index (Phi) is 8.33. The minimum atomic E-state index is -1.33. The SMILES string of the molecule is CC(/C(O)=C(\C=C\C(C)(C)C)/C=N/c1ccccc1[S+]([O-])c1ccccc1)C(C)(C)C. The van der Waals surface area contributed by atoms with Crippen LogP contribution in [0.25, 0.3) is 0 Å². The van der Waals surface area contributed by atoms with Crippen molar-refractivity contribution >= 4 is 23.1 Å². The van der Waals surface area contributed by atoms with Crippen LogP contribution in [0, 0.1) is 16.7 Å². The molecule has 0 bridgehead atoms. The summed E-state index contributed by atoms with van der Waals surface area (Å²) in [5, 5.41) is 11.0. The summed E-state index contributed by atoms with van der Waals surface area (Å²) in [6.45, 7) is 14.7. The maximum absolute atomic E-state index is 13.1. The number of aliphatic imine (C=N–C) groups is 1. The van der Waals surface area contributed by atoms with E-state index >= 15 is 0 Å². The van der Waals surface area contributed by atoms with Crippen LogP contribution >= 0.6 is 0 Å². The molecule has 3 nitrogen and oxygen atoms in total. The van der Waals surface area contributed by atoms with Crippen molar-refractivity contribution in [3.05, 3.63) is 78.1 Å². The molecule has 31 heavy (non-hydrogen) atoms. The predicted octanol–water partition coefficient (Wildman–Crippen LogP) is 7.65. The summed E-state index contributed by atoms with van der Waals surface area (Å²) < 4.78 is 13.1. The second-order valence-corrected chi connectivity index (χ2v) is 11.4. The van der Waals surface area contributed by atoms with Gasteiger partial charge in [0.25, 0.3) is 0 Å². The number of nitrogens with zero attached hydrogens (tertiary/aromatic N) is 1. The van der Waals surface area contributed by atoms with Crippen molar-refractivity contribution in [2.24, 2.45) is 21.7 Å². The molecule has 0 saturated carbocycles. The molecule has 0 spiro atoms. The second-order valence-electron chi connectivity index (χ2n) is 9.94. The highest BCUT2D eigenvalue weighted by Crippen LogP contribution is 2.33. The molecule has 0 aliphatic rings. The Morgan fingerprint density at radius 3 is 2.13 bits per heavy atom. The van der Waals surface area contributed by atoms with E-state index in [4.69, 9.17) is 0 Å². The lowest BCUT2D eigenvalue weighted by atomic mass is 9.79. The minimum Gasteiger partial charge on any atom is -0.606 e. The van der Waals surface area contributed by atoms with Gasteiger partial charge in [-0.2, -0.15) is 0 Å². The van der Waals surface area contributed by atoms with E-state index in [2.05, 4.69) is 52.6 Å². The topological polar surface area (TPSA) is 55.7 Å². The lowest BCUT2D eigenvalue weighted by molar-refractivity contribution is 0.216. The number of allylic oxidation sites excluding steroid dienone is 4. The van der Waals surface area contributed by atoms with Crippen LogP contribution in [0.15, 0.2) is 92.9 Å². The number of para-hydroxylation sites is 1. The molecule has 166 valence electrons. The number of hydrogen-bond donors (Lipinski definition) is 1. The first-order valence-electron chi connectivity index (χ1n) is 10.6. The first-order chi connectivity index (χ1) is 14.4. The number of hydrogen-bond acceptors (Lipinski definition) is 3. The highest BCUT2D eigenvalue weighted by atomic mass is 32.2. The molecule has 0 fully saturated rings. The lowest BCUT2D eigenvalue weighted by Gasteiger charge is -2.27. The van der Waals surface area contributed by atoms with Gasteiger partial charge in [-0.3, -0.25) is 4.99 Å². The number of aliphatic hydroxyl groups excluding tert-OH is 1. The zero-order chi connectivity index (χ0) is 23.2. The molecule has 0 saturated heterocycles. The molecule has 0 aromatic heterocycles. The van der Waals surface area contributed by atoms with Crippen LogP contribution in [0.5, 0.6) is 0 Å². The Morgan fingerprint density at radius 1 is 0.968 bits per heavy atom. The molecule has 2 atom stereocenters. The third-order valence-electron chi connectivity index (χ3n) is 5.13. The molecule has 2 unspecified atom stereocenters. The van der Waals surface area contributed by atoms with Crippen molar-refractivity contribution in [3.8, 4) is 0 Å². The van der Waals surface area contributed by atoms with E-state index in [0.717, 1.165) is 4.90 Å². The zero-order valence-corrected chi connectivity index (χ0v) is 20.5. The molecule has 2 rings (SSSR count). The first-order valence-corrected chi connectivity index (χ1v) is 11.8. The van der Waals surface area contributed by atoms with Crippen LogP contribution < -0.4 is 0 Å². The predicted molar refractivity (Wildman–Crippen MR) is 133 cm³/mol. The maximum Gasteiger partial charge on any atom is 0.184 e.